The van der Waals surface area contributed by atoms with Crippen LogP contribution in [0.3, 0.4) is 0 Å². The summed E-state index contributed by atoms with van der Waals surface area (Å²) in [5, 5.41) is 4.27. The molecule has 1 spiro atoms. The lowest BCUT2D eigenvalue weighted by Crippen LogP contribution is -2.58. The number of carbonyl (C=O) groups excluding carboxylic acids is 2. The van der Waals surface area contributed by atoms with Crippen LogP contribution in [0.5, 0.6) is 0 Å². The molecule has 166 valence electrons. The number of ether oxygens (including phenoxy) is 1. The number of hydrogen-bond donors (Lipinski definition) is 0. The average Bonchev–Trinajstić information content (AvgIpc) is 3.27. The Morgan fingerprint density at radius 2 is 1.97 bits per heavy atom. The second-order valence-electron chi connectivity index (χ2n) is 8.11. The van der Waals surface area contributed by atoms with Crippen molar-refractivity contribution >= 4 is 23.4 Å². The van der Waals surface area contributed by atoms with Crippen LogP contribution in [0.25, 0.3) is 0 Å². The molecule has 1 aromatic heterocycles. The maximum atomic E-state index is 14.1. The molecule has 4 rings (SSSR count). The van der Waals surface area contributed by atoms with Gasteiger partial charge in [0.25, 0.3) is 5.91 Å². The third kappa shape index (κ3) is 4.91. The zero-order valence-electron chi connectivity index (χ0n) is 17.3. The third-order valence-electron chi connectivity index (χ3n) is 6.08. The summed E-state index contributed by atoms with van der Waals surface area (Å²) < 4.78 is 22.0. The first-order valence-corrected chi connectivity index (χ1v) is 11.0. The minimum atomic E-state index is -0.612. The lowest BCUT2D eigenvalue weighted by Gasteiger charge is -2.47. The highest BCUT2D eigenvalue weighted by Gasteiger charge is 2.42. The van der Waals surface area contributed by atoms with Gasteiger partial charge in [0.2, 0.25) is 5.91 Å². The van der Waals surface area contributed by atoms with E-state index in [-0.39, 0.29) is 16.5 Å². The number of likely N-dealkylation sites (tertiary alicyclic amines) is 1. The molecule has 2 fully saturated rings. The Labute approximate surface area is 185 Å². The zero-order valence-corrected chi connectivity index (χ0v) is 18.1. The summed E-state index contributed by atoms with van der Waals surface area (Å²) in [4.78, 5) is 29.0. The van der Waals surface area contributed by atoms with Gasteiger partial charge >= 0.3 is 0 Å². The number of hydrogen-bond acceptors (Lipinski definition) is 4. The van der Waals surface area contributed by atoms with E-state index >= 15 is 0 Å². The Kier molecular flexibility index (Phi) is 6.57. The Morgan fingerprint density at radius 1 is 1.16 bits per heavy atom. The molecule has 7 nitrogen and oxygen atoms in total. The number of halogens is 2. The van der Waals surface area contributed by atoms with Crippen molar-refractivity contribution in [1.82, 2.24) is 19.6 Å². The van der Waals surface area contributed by atoms with Crippen LogP contribution in [-0.4, -0.2) is 69.8 Å². The van der Waals surface area contributed by atoms with Crippen LogP contribution in [0.4, 0.5) is 4.39 Å². The first-order chi connectivity index (χ1) is 15.0. The lowest BCUT2D eigenvalue weighted by molar-refractivity contribution is -0.158. The van der Waals surface area contributed by atoms with E-state index in [2.05, 4.69) is 5.10 Å². The van der Waals surface area contributed by atoms with E-state index in [9.17, 15) is 14.0 Å². The summed E-state index contributed by atoms with van der Waals surface area (Å²) in [6.45, 7) is 3.17. The highest BCUT2D eigenvalue weighted by molar-refractivity contribution is 6.33. The SMILES string of the molecule is O=C(CCCn1cccn1)N1CCOC2(CCN(C(=O)c3c(F)cccc3Cl)CC2)C1. The van der Waals surface area contributed by atoms with Crippen molar-refractivity contribution in [2.24, 2.45) is 0 Å². The summed E-state index contributed by atoms with van der Waals surface area (Å²) in [5.41, 5.74) is -0.537. The Balaban J connectivity index is 1.31. The summed E-state index contributed by atoms with van der Waals surface area (Å²) in [5.74, 6) is -0.898. The van der Waals surface area contributed by atoms with Crippen molar-refractivity contribution in [1.29, 1.82) is 0 Å². The van der Waals surface area contributed by atoms with Gasteiger partial charge in [0.1, 0.15) is 5.82 Å². The zero-order chi connectivity index (χ0) is 21.8. The van der Waals surface area contributed by atoms with Gasteiger partial charge in [0, 0.05) is 51.5 Å². The molecule has 9 heteroatoms. The van der Waals surface area contributed by atoms with Crippen molar-refractivity contribution < 1.29 is 18.7 Å². The number of aromatic nitrogens is 2. The van der Waals surface area contributed by atoms with E-state index in [1.807, 2.05) is 21.8 Å². The second-order valence-corrected chi connectivity index (χ2v) is 8.52. The second kappa shape index (κ2) is 9.36. The van der Waals surface area contributed by atoms with Gasteiger partial charge in [-0.2, -0.15) is 5.10 Å². The van der Waals surface area contributed by atoms with E-state index in [1.165, 1.54) is 18.2 Å². The van der Waals surface area contributed by atoms with Crippen LogP contribution in [0.15, 0.2) is 36.7 Å². The van der Waals surface area contributed by atoms with Crippen LogP contribution in [0.1, 0.15) is 36.0 Å². The molecule has 1 aromatic carbocycles. The Bertz CT molecular complexity index is 909. The molecular weight excluding hydrogens is 423 g/mol. The van der Waals surface area contributed by atoms with E-state index < -0.39 is 17.3 Å². The van der Waals surface area contributed by atoms with Gasteiger partial charge in [-0.1, -0.05) is 17.7 Å². The van der Waals surface area contributed by atoms with Crippen LogP contribution in [0, 0.1) is 5.82 Å². The molecule has 2 aliphatic heterocycles. The molecule has 31 heavy (non-hydrogen) atoms. The molecular formula is C22H26ClFN4O3. The molecule has 3 heterocycles. The number of benzene rings is 1. The summed E-state index contributed by atoms with van der Waals surface area (Å²) in [7, 11) is 0. The van der Waals surface area contributed by atoms with Gasteiger partial charge in [-0.15, -0.1) is 0 Å². The summed E-state index contributed by atoms with van der Waals surface area (Å²) in [6, 6.07) is 6.11. The molecule has 2 aliphatic rings. The van der Waals surface area contributed by atoms with Crippen molar-refractivity contribution in [3.05, 3.63) is 53.1 Å². The highest BCUT2D eigenvalue weighted by Crippen LogP contribution is 2.32. The molecule has 0 radical (unpaired) electrons. The number of amides is 2. The quantitative estimate of drug-likeness (QED) is 0.705. The van der Waals surface area contributed by atoms with Crippen LogP contribution in [-0.2, 0) is 16.1 Å². The third-order valence-corrected chi connectivity index (χ3v) is 6.39. The molecule has 0 bridgehead atoms. The largest absolute Gasteiger partial charge is 0.371 e. The predicted octanol–water partition coefficient (Wildman–Crippen LogP) is 2.99. The normalized spacial score (nSPS) is 18.4. The van der Waals surface area contributed by atoms with Gasteiger partial charge in [0.15, 0.2) is 0 Å². The van der Waals surface area contributed by atoms with Gasteiger partial charge in [0.05, 0.1) is 22.8 Å². The highest BCUT2D eigenvalue weighted by atomic mass is 35.5. The molecule has 0 aliphatic carbocycles. The fourth-order valence-corrected chi connectivity index (χ4v) is 4.56. The van der Waals surface area contributed by atoms with Crippen molar-refractivity contribution in [3.8, 4) is 0 Å². The van der Waals surface area contributed by atoms with Crippen LogP contribution in [0.2, 0.25) is 5.02 Å². The Morgan fingerprint density at radius 3 is 2.68 bits per heavy atom. The van der Waals surface area contributed by atoms with Crippen LogP contribution < -0.4 is 0 Å². The van der Waals surface area contributed by atoms with E-state index in [0.29, 0.717) is 58.6 Å². The maximum absolute atomic E-state index is 14.1. The number of morpholine rings is 1. The van der Waals surface area contributed by atoms with Gasteiger partial charge < -0.3 is 14.5 Å². The molecule has 2 aromatic rings. The molecule has 0 atom stereocenters. The van der Waals surface area contributed by atoms with Crippen LogP contribution >= 0.6 is 11.6 Å². The fraction of sp³-hybridized carbons (Fsp3) is 0.500. The monoisotopic (exact) mass is 448 g/mol. The van der Waals surface area contributed by atoms with Crippen molar-refractivity contribution in [3.63, 3.8) is 0 Å². The topological polar surface area (TPSA) is 67.7 Å². The van der Waals surface area contributed by atoms with Gasteiger partial charge in [-0.05, 0) is 37.5 Å². The average molecular weight is 449 g/mol. The predicted molar refractivity (Wildman–Crippen MR) is 113 cm³/mol. The number of piperidine rings is 1. The Hall–Kier alpha value is -2.45. The molecule has 0 saturated carbocycles. The lowest BCUT2D eigenvalue weighted by atomic mass is 9.89. The van der Waals surface area contributed by atoms with E-state index in [4.69, 9.17) is 16.3 Å². The van der Waals surface area contributed by atoms with E-state index in [1.54, 1.807) is 11.1 Å². The molecule has 0 N–H and O–H groups in total. The minimum absolute atomic E-state index is 0.0846. The fourth-order valence-electron chi connectivity index (χ4n) is 4.32. The smallest absolute Gasteiger partial charge is 0.258 e. The summed E-state index contributed by atoms with van der Waals surface area (Å²) in [6.07, 6.45) is 6.01. The number of rotatable bonds is 5. The minimum Gasteiger partial charge on any atom is -0.371 e. The molecule has 2 amide bonds. The maximum Gasteiger partial charge on any atom is 0.258 e. The first-order valence-electron chi connectivity index (χ1n) is 10.6. The molecule has 0 unspecified atom stereocenters. The standard InChI is InChI=1S/C22H26ClFN4O3/c23-17-4-1-5-18(24)20(17)21(30)26-12-7-22(8-13-26)16-27(14-15-31-22)19(29)6-2-10-28-11-3-9-25-28/h1,3-5,9,11H,2,6-8,10,12-16H2. The molecule has 2 saturated heterocycles. The number of carbonyl (C=O) groups is 2. The van der Waals surface area contributed by atoms with Crippen molar-refractivity contribution in [2.45, 2.75) is 37.8 Å². The van der Waals surface area contributed by atoms with Gasteiger partial charge in [-0.3, -0.25) is 14.3 Å². The number of aryl methyl sites for hydroxylation is 1. The summed E-state index contributed by atoms with van der Waals surface area (Å²) >= 11 is 6.05. The van der Waals surface area contributed by atoms with Crippen molar-refractivity contribution in [2.75, 3.05) is 32.8 Å². The van der Waals surface area contributed by atoms with Gasteiger partial charge in [-0.25, -0.2) is 4.39 Å². The first kappa shape index (κ1) is 21.8. The van der Waals surface area contributed by atoms with E-state index in [0.717, 1.165) is 6.42 Å². The number of nitrogens with zero attached hydrogens (tertiary/aromatic N) is 4.